The second kappa shape index (κ2) is 5.89. The third-order valence-electron chi connectivity index (χ3n) is 4.26. The van der Waals surface area contributed by atoms with E-state index in [1.54, 1.807) is 0 Å². The van der Waals surface area contributed by atoms with Crippen molar-refractivity contribution in [2.45, 2.75) is 19.6 Å². The molecule has 3 heterocycles. The Morgan fingerprint density at radius 1 is 1.26 bits per heavy atom. The molecule has 1 aliphatic rings. The molecule has 0 aliphatic carbocycles. The van der Waals surface area contributed by atoms with Crippen molar-refractivity contribution >= 4 is 5.69 Å². The lowest BCUT2D eigenvalue weighted by Gasteiger charge is -2.13. The van der Waals surface area contributed by atoms with Crippen LogP contribution in [-0.2, 0) is 31.4 Å². The molecule has 2 aromatic heterocycles. The molecule has 6 heteroatoms. The zero-order valence-corrected chi connectivity index (χ0v) is 13.0. The summed E-state index contributed by atoms with van der Waals surface area (Å²) >= 11 is 0. The van der Waals surface area contributed by atoms with E-state index in [1.165, 1.54) is 17.0 Å². The monoisotopic (exact) mass is 309 g/mol. The molecule has 0 bridgehead atoms. The summed E-state index contributed by atoms with van der Waals surface area (Å²) in [4.78, 5) is 0. The summed E-state index contributed by atoms with van der Waals surface area (Å²) in [5, 5.41) is 14.9. The van der Waals surface area contributed by atoms with Crippen LogP contribution in [0.15, 0.2) is 36.7 Å². The Morgan fingerprint density at radius 3 is 2.91 bits per heavy atom. The second-order valence-corrected chi connectivity index (χ2v) is 5.72. The summed E-state index contributed by atoms with van der Waals surface area (Å²) in [6.45, 7) is 2.18. The number of aromatic amines is 1. The van der Waals surface area contributed by atoms with Gasteiger partial charge < -0.3 is 10.1 Å². The zero-order valence-electron chi connectivity index (χ0n) is 13.0. The minimum Gasteiger partial charge on any atom is -0.379 e. The Labute approximate surface area is 134 Å². The molecule has 3 aromatic rings. The highest BCUT2D eigenvalue weighted by Crippen LogP contribution is 2.23. The van der Waals surface area contributed by atoms with Crippen molar-refractivity contribution in [3.05, 3.63) is 53.6 Å². The van der Waals surface area contributed by atoms with Crippen LogP contribution in [0, 0.1) is 0 Å². The lowest BCUT2D eigenvalue weighted by atomic mass is 10.1. The molecule has 0 atom stereocenters. The molecule has 118 valence electrons. The van der Waals surface area contributed by atoms with Crippen LogP contribution in [0.4, 0.5) is 5.69 Å². The number of hydrogen-bond donors (Lipinski definition) is 2. The number of fused-ring (bicyclic) bond motifs is 1. The van der Waals surface area contributed by atoms with E-state index in [0.29, 0.717) is 6.61 Å². The van der Waals surface area contributed by atoms with Gasteiger partial charge in [-0.25, -0.2) is 0 Å². The molecule has 2 N–H and O–H groups in total. The molecule has 0 spiro atoms. The first kappa shape index (κ1) is 14.0. The van der Waals surface area contributed by atoms with Gasteiger partial charge in [0.2, 0.25) is 0 Å². The third kappa shape index (κ3) is 2.73. The van der Waals surface area contributed by atoms with Crippen LogP contribution in [-0.4, -0.2) is 26.6 Å². The number of H-pyrrole nitrogens is 1. The standard InChI is InChI=1S/C17H19N5O/c1-22-17(15-11-23-7-6-16(15)21-22)10-18-14-4-2-12(3-5-14)13-8-19-20-9-13/h2-5,8-9,18H,6-7,10-11H2,1H3,(H,19,20). The minimum atomic E-state index is 0.666. The first-order chi connectivity index (χ1) is 11.3. The highest BCUT2D eigenvalue weighted by atomic mass is 16.5. The highest BCUT2D eigenvalue weighted by molar-refractivity contribution is 5.64. The van der Waals surface area contributed by atoms with Crippen LogP contribution >= 0.6 is 0 Å². The average molecular weight is 309 g/mol. The molecule has 0 saturated carbocycles. The van der Waals surface area contributed by atoms with E-state index in [0.717, 1.165) is 36.4 Å². The number of rotatable bonds is 4. The topological polar surface area (TPSA) is 67.8 Å². The molecule has 0 saturated heterocycles. The van der Waals surface area contributed by atoms with Gasteiger partial charge in [0.25, 0.3) is 0 Å². The third-order valence-corrected chi connectivity index (χ3v) is 4.26. The molecule has 4 rings (SSSR count). The highest BCUT2D eigenvalue weighted by Gasteiger charge is 2.19. The summed E-state index contributed by atoms with van der Waals surface area (Å²) in [6, 6.07) is 8.35. The van der Waals surface area contributed by atoms with Gasteiger partial charge in [-0.3, -0.25) is 9.78 Å². The van der Waals surface area contributed by atoms with E-state index in [-0.39, 0.29) is 0 Å². The van der Waals surface area contributed by atoms with Crippen LogP contribution in [0.2, 0.25) is 0 Å². The molecule has 0 unspecified atom stereocenters. The van der Waals surface area contributed by atoms with Crippen LogP contribution in [0.3, 0.4) is 0 Å². The lowest BCUT2D eigenvalue weighted by molar-refractivity contribution is 0.109. The summed E-state index contributed by atoms with van der Waals surface area (Å²) < 4.78 is 7.53. The number of ether oxygens (including phenoxy) is 1. The first-order valence-electron chi connectivity index (χ1n) is 7.76. The number of aromatic nitrogens is 4. The predicted octanol–water partition coefficient (Wildman–Crippen LogP) is 2.50. The molecule has 1 aromatic carbocycles. The molecule has 6 nitrogen and oxygen atoms in total. The maximum atomic E-state index is 5.57. The average Bonchev–Trinajstić information content (AvgIpc) is 3.21. The molecule has 0 radical (unpaired) electrons. The van der Waals surface area contributed by atoms with Crippen LogP contribution in [0.1, 0.15) is 17.0 Å². The fourth-order valence-corrected chi connectivity index (χ4v) is 2.97. The van der Waals surface area contributed by atoms with Crippen molar-refractivity contribution in [1.82, 2.24) is 20.0 Å². The van der Waals surface area contributed by atoms with Crippen LogP contribution < -0.4 is 5.32 Å². The van der Waals surface area contributed by atoms with Gasteiger partial charge in [0.15, 0.2) is 0 Å². The Balaban J connectivity index is 1.48. The Bertz CT molecular complexity index is 789. The van der Waals surface area contributed by atoms with E-state index in [4.69, 9.17) is 4.74 Å². The summed E-state index contributed by atoms with van der Waals surface area (Å²) in [5.41, 5.74) is 6.93. The molecule has 23 heavy (non-hydrogen) atoms. The summed E-state index contributed by atoms with van der Waals surface area (Å²) in [5.74, 6) is 0. The number of anilines is 1. The zero-order chi connectivity index (χ0) is 15.6. The fourth-order valence-electron chi connectivity index (χ4n) is 2.97. The van der Waals surface area contributed by atoms with E-state index >= 15 is 0 Å². The number of nitrogens with zero attached hydrogens (tertiary/aromatic N) is 3. The van der Waals surface area contributed by atoms with Crippen molar-refractivity contribution in [2.24, 2.45) is 7.05 Å². The molecule has 1 aliphatic heterocycles. The fraction of sp³-hybridized carbons (Fsp3) is 0.294. The smallest absolute Gasteiger partial charge is 0.0754 e. The van der Waals surface area contributed by atoms with Gasteiger partial charge in [-0.15, -0.1) is 0 Å². The number of hydrogen-bond acceptors (Lipinski definition) is 4. The van der Waals surface area contributed by atoms with Crippen molar-refractivity contribution in [2.75, 3.05) is 11.9 Å². The van der Waals surface area contributed by atoms with E-state index in [9.17, 15) is 0 Å². The van der Waals surface area contributed by atoms with Gasteiger partial charge >= 0.3 is 0 Å². The van der Waals surface area contributed by atoms with Crippen LogP contribution in [0.5, 0.6) is 0 Å². The first-order valence-corrected chi connectivity index (χ1v) is 7.76. The Morgan fingerprint density at radius 2 is 2.13 bits per heavy atom. The summed E-state index contributed by atoms with van der Waals surface area (Å²) in [7, 11) is 2.00. The van der Waals surface area contributed by atoms with E-state index < -0.39 is 0 Å². The molecular weight excluding hydrogens is 290 g/mol. The number of benzene rings is 1. The largest absolute Gasteiger partial charge is 0.379 e. The molecular formula is C17H19N5O. The SMILES string of the molecule is Cn1nc2c(c1CNc1ccc(-c3cn[nH]c3)cc1)COCC2. The molecule has 0 fully saturated rings. The quantitative estimate of drug-likeness (QED) is 0.777. The van der Waals surface area contributed by atoms with Crippen molar-refractivity contribution < 1.29 is 4.74 Å². The van der Waals surface area contributed by atoms with Gasteiger partial charge in [-0.2, -0.15) is 10.2 Å². The minimum absolute atomic E-state index is 0.666. The second-order valence-electron chi connectivity index (χ2n) is 5.72. The Kier molecular flexibility index (Phi) is 3.59. The van der Waals surface area contributed by atoms with Gasteiger partial charge in [0.05, 0.1) is 37.3 Å². The van der Waals surface area contributed by atoms with Crippen LogP contribution in [0.25, 0.3) is 11.1 Å². The van der Waals surface area contributed by atoms with Crippen molar-refractivity contribution in [3.8, 4) is 11.1 Å². The maximum Gasteiger partial charge on any atom is 0.0754 e. The summed E-state index contributed by atoms with van der Waals surface area (Å²) in [6.07, 6.45) is 4.62. The van der Waals surface area contributed by atoms with Gasteiger partial charge in [0.1, 0.15) is 0 Å². The van der Waals surface area contributed by atoms with Gasteiger partial charge in [0, 0.05) is 36.5 Å². The van der Waals surface area contributed by atoms with E-state index in [1.807, 2.05) is 24.1 Å². The van der Waals surface area contributed by atoms with Gasteiger partial charge in [-0.1, -0.05) is 12.1 Å². The number of nitrogens with one attached hydrogen (secondary N) is 2. The van der Waals surface area contributed by atoms with E-state index in [2.05, 4.69) is 44.9 Å². The normalized spacial score (nSPS) is 13.8. The maximum absolute atomic E-state index is 5.57. The van der Waals surface area contributed by atoms with Crippen molar-refractivity contribution in [1.29, 1.82) is 0 Å². The Hall–Kier alpha value is -2.60. The predicted molar refractivity (Wildman–Crippen MR) is 87.9 cm³/mol. The number of aryl methyl sites for hydroxylation is 1. The lowest BCUT2D eigenvalue weighted by Crippen LogP contribution is -2.11. The van der Waals surface area contributed by atoms with Gasteiger partial charge in [-0.05, 0) is 17.7 Å². The van der Waals surface area contributed by atoms with Crippen molar-refractivity contribution in [3.63, 3.8) is 0 Å². The molecule has 0 amide bonds.